The van der Waals surface area contributed by atoms with Gasteiger partial charge in [-0.05, 0) is 59.0 Å². The fourth-order valence-corrected chi connectivity index (χ4v) is 4.09. The quantitative estimate of drug-likeness (QED) is 0.569. The zero-order valence-corrected chi connectivity index (χ0v) is 18.2. The molecule has 0 saturated heterocycles. The Morgan fingerprint density at radius 3 is 2.33 bits per heavy atom. The number of hydrogen-bond donors (Lipinski definition) is 2. The first-order valence-corrected chi connectivity index (χ1v) is 10.6. The second-order valence-electron chi connectivity index (χ2n) is 8.37. The Bertz CT molecular complexity index is 1240. The summed E-state index contributed by atoms with van der Waals surface area (Å²) in [6.45, 7) is 3.85. The van der Waals surface area contributed by atoms with Gasteiger partial charge in [0.2, 0.25) is 0 Å². The summed E-state index contributed by atoms with van der Waals surface area (Å²) >= 11 is 0. The summed E-state index contributed by atoms with van der Waals surface area (Å²) in [5.41, 5.74) is 3.73. The van der Waals surface area contributed by atoms with Crippen molar-refractivity contribution < 1.29 is 23.9 Å². The van der Waals surface area contributed by atoms with E-state index in [1.54, 1.807) is 32.0 Å². The second kappa shape index (κ2) is 8.86. The SMILES string of the molecule is CC(C)[C@@H](C(=O)O)N1Cc2ccc(-c3ccc(NC(=O)c4cccc(F)c4)cc3)cc2C1=O. The molecule has 0 radical (unpaired) electrons. The Morgan fingerprint density at radius 1 is 1.00 bits per heavy atom. The van der Waals surface area contributed by atoms with Crippen LogP contribution in [0.25, 0.3) is 11.1 Å². The number of carbonyl (C=O) groups is 3. The zero-order valence-electron chi connectivity index (χ0n) is 18.2. The number of anilines is 1. The minimum absolute atomic E-state index is 0.213. The van der Waals surface area contributed by atoms with Crippen molar-refractivity contribution in [2.45, 2.75) is 26.4 Å². The molecule has 3 aromatic carbocycles. The third-order valence-corrected chi connectivity index (χ3v) is 5.73. The van der Waals surface area contributed by atoms with Gasteiger partial charge >= 0.3 is 5.97 Å². The number of hydrogen-bond acceptors (Lipinski definition) is 3. The van der Waals surface area contributed by atoms with Crippen molar-refractivity contribution in [3.63, 3.8) is 0 Å². The summed E-state index contributed by atoms with van der Waals surface area (Å²) in [6, 6.07) is 17.2. The third kappa shape index (κ3) is 4.48. The lowest BCUT2D eigenvalue weighted by Crippen LogP contribution is -2.44. The average molecular weight is 446 g/mol. The lowest BCUT2D eigenvalue weighted by molar-refractivity contribution is -0.144. The monoisotopic (exact) mass is 446 g/mol. The highest BCUT2D eigenvalue weighted by molar-refractivity contribution is 6.04. The molecule has 0 aliphatic carbocycles. The molecular weight excluding hydrogens is 423 g/mol. The number of benzene rings is 3. The molecule has 0 unspecified atom stereocenters. The topological polar surface area (TPSA) is 86.7 Å². The van der Waals surface area contributed by atoms with Crippen molar-refractivity contribution >= 4 is 23.5 Å². The maximum absolute atomic E-state index is 13.3. The van der Waals surface area contributed by atoms with Gasteiger partial charge in [0.15, 0.2) is 0 Å². The van der Waals surface area contributed by atoms with Crippen molar-refractivity contribution in [1.82, 2.24) is 4.90 Å². The summed E-state index contributed by atoms with van der Waals surface area (Å²) in [5, 5.41) is 12.3. The van der Waals surface area contributed by atoms with E-state index in [-0.39, 0.29) is 23.9 Å². The molecule has 1 aliphatic heterocycles. The predicted molar refractivity (Wildman–Crippen MR) is 122 cm³/mol. The van der Waals surface area contributed by atoms with Crippen molar-refractivity contribution in [2.75, 3.05) is 5.32 Å². The number of carbonyl (C=O) groups excluding carboxylic acids is 2. The smallest absolute Gasteiger partial charge is 0.326 e. The number of carboxylic acids is 1. The zero-order chi connectivity index (χ0) is 23.7. The number of amides is 2. The van der Waals surface area contributed by atoms with Crippen LogP contribution in [0.2, 0.25) is 0 Å². The van der Waals surface area contributed by atoms with Crippen LogP contribution in [0.5, 0.6) is 0 Å². The van der Waals surface area contributed by atoms with Gasteiger partial charge in [0.1, 0.15) is 11.9 Å². The average Bonchev–Trinajstić information content (AvgIpc) is 3.09. The highest BCUT2D eigenvalue weighted by Crippen LogP contribution is 2.31. The Morgan fingerprint density at radius 2 is 1.70 bits per heavy atom. The number of fused-ring (bicyclic) bond motifs is 1. The van der Waals surface area contributed by atoms with Crippen molar-refractivity contribution in [3.8, 4) is 11.1 Å². The number of halogens is 1. The Kier molecular flexibility index (Phi) is 5.96. The Balaban J connectivity index is 1.52. The van der Waals surface area contributed by atoms with Gasteiger partial charge in [-0.2, -0.15) is 0 Å². The fraction of sp³-hybridized carbons (Fsp3) is 0.192. The van der Waals surface area contributed by atoms with Crippen LogP contribution in [0.4, 0.5) is 10.1 Å². The summed E-state index contributed by atoms with van der Waals surface area (Å²) in [6.07, 6.45) is 0. The van der Waals surface area contributed by atoms with E-state index in [4.69, 9.17) is 0 Å². The molecule has 3 aromatic rings. The molecule has 1 atom stereocenters. The molecule has 0 bridgehead atoms. The van der Waals surface area contributed by atoms with Gasteiger partial charge in [-0.3, -0.25) is 9.59 Å². The molecule has 2 amide bonds. The van der Waals surface area contributed by atoms with Gasteiger partial charge in [-0.1, -0.05) is 44.2 Å². The van der Waals surface area contributed by atoms with Crippen LogP contribution in [-0.4, -0.2) is 33.8 Å². The molecule has 4 rings (SSSR count). The van der Waals surface area contributed by atoms with E-state index >= 15 is 0 Å². The highest BCUT2D eigenvalue weighted by Gasteiger charge is 2.38. The molecule has 0 aromatic heterocycles. The molecule has 1 heterocycles. The first-order chi connectivity index (χ1) is 15.7. The first-order valence-electron chi connectivity index (χ1n) is 10.6. The highest BCUT2D eigenvalue weighted by atomic mass is 19.1. The normalized spacial score (nSPS) is 13.7. The largest absolute Gasteiger partial charge is 0.480 e. The van der Waals surface area contributed by atoms with Crippen LogP contribution in [0, 0.1) is 11.7 Å². The van der Waals surface area contributed by atoms with Crippen LogP contribution in [0.1, 0.15) is 40.1 Å². The lowest BCUT2D eigenvalue weighted by atomic mass is 10.00. The standard InChI is InChI=1S/C26H23FN2O4/c1-15(2)23(26(32)33)29-14-19-7-6-17(13-22(19)25(29)31)16-8-10-21(11-9-16)28-24(30)18-4-3-5-20(27)12-18/h3-13,15,23H,14H2,1-2H3,(H,28,30)(H,32,33)/t23-/m0/s1. The van der Waals surface area contributed by atoms with Gasteiger partial charge in [-0.15, -0.1) is 0 Å². The van der Waals surface area contributed by atoms with Gasteiger partial charge in [0.05, 0.1) is 0 Å². The predicted octanol–water partition coefficient (Wildman–Crippen LogP) is 4.81. The maximum atomic E-state index is 13.3. The summed E-state index contributed by atoms with van der Waals surface area (Å²) in [5.74, 6) is -2.40. The second-order valence-corrected chi connectivity index (χ2v) is 8.37. The summed E-state index contributed by atoms with van der Waals surface area (Å²) in [4.78, 5) is 38.4. The maximum Gasteiger partial charge on any atom is 0.326 e. The molecular formula is C26H23FN2O4. The number of nitrogens with zero attached hydrogens (tertiary/aromatic N) is 1. The van der Waals surface area contributed by atoms with Crippen LogP contribution in [0.3, 0.4) is 0 Å². The van der Waals surface area contributed by atoms with E-state index in [0.29, 0.717) is 11.3 Å². The minimum Gasteiger partial charge on any atom is -0.480 e. The molecule has 0 saturated carbocycles. The van der Waals surface area contributed by atoms with E-state index in [2.05, 4.69) is 5.32 Å². The van der Waals surface area contributed by atoms with Crippen molar-refractivity contribution in [1.29, 1.82) is 0 Å². The Labute approximate surface area is 190 Å². The van der Waals surface area contributed by atoms with Gasteiger partial charge in [-0.25, -0.2) is 9.18 Å². The van der Waals surface area contributed by atoms with Crippen LogP contribution < -0.4 is 5.32 Å². The van der Waals surface area contributed by atoms with E-state index in [9.17, 15) is 23.9 Å². The summed E-state index contributed by atoms with van der Waals surface area (Å²) < 4.78 is 13.3. The molecule has 168 valence electrons. The van der Waals surface area contributed by atoms with Crippen LogP contribution in [-0.2, 0) is 11.3 Å². The van der Waals surface area contributed by atoms with E-state index in [1.165, 1.54) is 29.2 Å². The van der Waals surface area contributed by atoms with Crippen LogP contribution in [0.15, 0.2) is 66.7 Å². The molecule has 33 heavy (non-hydrogen) atoms. The molecule has 6 nitrogen and oxygen atoms in total. The van der Waals surface area contributed by atoms with Crippen molar-refractivity contribution in [2.24, 2.45) is 5.92 Å². The first kappa shape index (κ1) is 22.2. The van der Waals surface area contributed by atoms with Crippen molar-refractivity contribution in [3.05, 3.63) is 89.2 Å². The molecule has 0 spiro atoms. The minimum atomic E-state index is -1.01. The number of rotatable bonds is 6. The Hall–Kier alpha value is -4.00. The van der Waals surface area contributed by atoms with E-state index in [0.717, 1.165) is 16.7 Å². The lowest BCUT2D eigenvalue weighted by Gasteiger charge is -2.27. The fourth-order valence-electron chi connectivity index (χ4n) is 4.09. The van der Waals surface area contributed by atoms with Gasteiger partial charge < -0.3 is 15.3 Å². The van der Waals surface area contributed by atoms with Gasteiger partial charge in [0, 0.05) is 23.4 Å². The number of nitrogens with one attached hydrogen (secondary N) is 1. The number of aliphatic carboxylic acids is 1. The third-order valence-electron chi connectivity index (χ3n) is 5.73. The molecule has 2 N–H and O–H groups in total. The van der Waals surface area contributed by atoms with Gasteiger partial charge in [0.25, 0.3) is 11.8 Å². The molecule has 7 heteroatoms. The summed E-state index contributed by atoms with van der Waals surface area (Å²) in [7, 11) is 0. The molecule has 0 fully saturated rings. The van der Waals surface area contributed by atoms with E-state index in [1.807, 2.05) is 24.3 Å². The molecule has 1 aliphatic rings. The van der Waals surface area contributed by atoms with E-state index < -0.39 is 23.7 Å². The van der Waals surface area contributed by atoms with Crippen LogP contribution >= 0.6 is 0 Å². The number of carboxylic acid groups (broad SMARTS) is 1.